The van der Waals surface area contributed by atoms with Gasteiger partial charge >= 0.3 is 6.36 Å². The molecule has 2 aromatic carbocycles. The molecular weight excluding hydrogens is 402 g/mol. The molecule has 0 fully saturated rings. The number of rotatable bonds is 4. The zero-order valence-electron chi connectivity index (χ0n) is 15.7. The minimum Gasteiger partial charge on any atom is -0.406 e. The topological polar surface area (TPSA) is 47.4 Å². The van der Waals surface area contributed by atoms with Crippen molar-refractivity contribution < 1.29 is 27.1 Å². The molecule has 3 aromatic rings. The molecule has 30 heavy (non-hydrogen) atoms. The van der Waals surface area contributed by atoms with Gasteiger partial charge in [-0.2, -0.15) is 5.10 Å². The van der Waals surface area contributed by atoms with Gasteiger partial charge in [0.1, 0.15) is 11.6 Å². The van der Waals surface area contributed by atoms with Gasteiger partial charge in [0.05, 0.1) is 29.7 Å². The molecule has 0 unspecified atom stereocenters. The molecule has 1 aromatic heterocycles. The standard InChI is InChI=1S/C21H17F4N3O2/c22-15-6-8-16(9-7-15)28-18-5-2-10-27(19(18)13-26-28)20(29)12-14-3-1-4-17(11-14)30-21(23,24)25/h1,3-4,6-9,11,13H,2,5,10,12H2. The average molecular weight is 419 g/mol. The van der Waals surface area contributed by atoms with Gasteiger partial charge in [0.2, 0.25) is 5.91 Å². The maximum absolute atomic E-state index is 13.2. The molecule has 0 radical (unpaired) electrons. The summed E-state index contributed by atoms with van der Waals surface area (Å²) in [6.07, 6.45) is -1.87. The van der Waals surface area contributed by atoms with Gasteiger partial charge in [0.15, 0.2) is 0 Å². The van der Waals surface area contributed by atoms with Gasteiger partial charge in [-0.25, -0.2) is 9.07 Å². The zero-order valence-corrected chi connectivity index (χ0v) is 15.7. The summed E-state index contributed by atoms with van der Waals surface area (Å²) < 4.78 is 56.1. The fourth-order valence-electron chi connectivity index (χ4n) is 3.54. The minimum atomic E-state index is -4.79. The van der Waals surface area contributed by atoms with E-state index in [1.807, 2.05) is 0 Å². The Balaban J connectivity index is 1.55. The second-order valence-corrected chi connectivity index (χ2v) is 6.89. The number of nitrogens with zero attached hydrogens (tertiary/aromatic N) is 3. The summed E-state index contributed by atoms with van der Waals surface area (Å²) in [7, 11) is 0. The molecule has 0 bridgehead atoms. The zero-order chi connectivity index (χ0) is 21.3. The predicted octanol–water partition coefficient (Wildman–Crippen LogP) is 4.43. The summed E-state index contributed by atoms with van der Waals surface area (Å²) in [6.45, 7) is 0.486. The van der Waals surface area contributed by atoms with Crippen LogP contribution in [0.5, 0.6) is 5.75 Å². The molecule has 9 heteroatoms. The normalized spacial score (nSPS) is 13.8. The number of carbonyl (C=O) groups is 1. The Morgan fingerprint density at radius 1 is 1.13 bits per heavy atom. The highest BCUT2D eigenvalue weighted by atomic mass is 19.4. The van der Waals surface area contributed by atoms with Crippen molar-refractivity contribution >= 4 is 11.6 Å². The van der Waals surface area contributed by atoms with Crippen LogP contribution in [0.3, 0.4) is 0 Å². The summed E-state index contributed by atoms with van der Waals surface area (Å²) >= 11 is 0. The Labute approximate surface area is 169 Å². The van der Waals surface area contributed by atoms with Crippen LogP contribution in [0.2, 0.25) is 0 Å². The third kappa shape index (κ3) is 4.29. The van der Waals surface area contributed by atoms with E-state index in [9.17, 15) is 22.4 Å². The van der Waals surface area contributed by atoms with Gasteiger partial charge < -0.3 is 9.64 Å². The highest BCUT2D eigenvalue weighted by Crippen LogP contribution is 2.30. The van der Waals surface area contributed by atoms with E-state index in [0.717, 1.165) is 5.69 Å². The lowest BCUT2D eigenvalue weighted by atomic mass is 10.1. The fraction of sp³-hybridized carbons (Fsp3) is 0.238. The first-order chi connectivity index (χ1) is 14.3. The number of amides is 1. The van der Waals surface area contributed by atoms with Crippen LogP contribution in [0.15, 0.2) is 54.7 Å². The average Bonchev–Trinajstić information content (AvgIpc) is 3.11. The van der Waals surface area contributed by atoms with Gasteiger partial charge in [-0.1, -0.05) is 12.1 Å². The number of fused-ring (bicyclic) bond motifs is 1. The Bertz CT molecular complexity index is 1060. The van der Waals surface area contributed by atoms with Crippen molar-refractivity contribution in [3.05, 3.63) is 71.8 Å². The number of hydrogen-bond acceptors (Lipinski definition) is 3. The number of ether oxygens (including phenoxy) is 1. The lowest BCUT2D eigenvalue weighted by Crippen LogP contribution is -2.36. The summed E-state index contributed by atoms with van der Waals surface area (Å²) in [5, 5.41) is 4.35. The van der Waals surface area contributed by atoms with E-state index in [2.05, 4.69) is 9.84 Å². The highest BCUT2D eigenvalue weighted by Gasteiger charge is 2.31. The molecule has 1 aliphatic heterocycles. The van der Waals surface area contributed by atoms with E-state index in [4.69, 9.17) is 0 Å². The van der Waals surface area contributed by atoms with Crippen LogP contribution >= 0.6 is 0 Å². The maximum Gasteiger partial charge on any atom is 0.573 e. The maximum atomic E-state index is 13.2. The number of halogens is 4. The number of carbonyl (C=O) groups excluding carboxylic acids is 1. The summed E-state index contributed by atoms with van der Waals surface area (Å²) in [4.78, 5) is 14.5. The largest absolute Gasteiger partial charge is 0.573 e. The first-order valence-corrected chi connectivity index (χ1v) is 9.28. The number of alkyl halides is 3. The molecule has 0 N–H and O–H groups in total. The molecule has 0 spiro atoms. The van der Waals surface area contributed by atoms with Gasteiger partial charge in [0.25, 0.3) is 0 Å². The number of aromatic nitrogens is 2. The van der Waals surface area contributed by atoms with Crippen molar-refractivity contribution in [2.45, 2.75) is 25.6 Å². The lowest BCUT2D eigenvalue weighted by molar-refractivity contribution is -0.274. The van der Waals surface area contributed by atoms with Crippen LogP contribution < -0.4 is 9.64 Å². The number of benzene rings is 2. The summed E-state index contributed by atoms with van der Waals surface area (Å²) in [6, 6.07) is 11.3. The van der Waals surface area contributed by atoms with Gasteiger partial charge in [-0.15, -0.1) is 13.2 Å². The Hall–Kier alpha value is -3.36. The van der Waals surface area contributed by atoms with Gasteiger partial charge in [-0.3, -0.25) is 4.79 Å². The van der Waals surface area contributed by atoms with E-state index >= 15 is 0 Å². The molecule has 0 saturated heterocycles. The van der Waals surface area contributed by atoms with Crippen molar-refractivity contribution in [2.24, 2.45) is 0 Å². The van der Waals surface area contributed by atoms with E-state index in [1.54, 1.807) is 34.0 Å². The monoisotopic (exact) mass is 419 g/mol. The molecule has 4 rings (SSSR count). The van der Waals surface area contributed by atoms with Crippen molar-refractivity contribution in [1.82, 2.24) is 9.78 Å². The summed E-state index contributed by atoms with van der Waals surface area (Å²) in [5.41, 5.74) is 2.58. The molecule has 0 saturated carbocycles. The van der Waals surface area contributed by atoms with Crippen LogP contribution in [-0.2, 0) is 17.6 Å². The van der Waals surface area contributed by atoms with Crippen molar-refractivity contribution in [3.8, 4) is 11.4 Å². The van der Waals surface area contributed by atoms with Crippen molar-refractivity contribution in [1.29, 1.82) is 0 Å². The smallest absolute Gasteiger partial charge is 0.406 e. The van der Waals surface area contributed by atoms with E-state index < -0.39 is 6.36 Å². The Morgan fingerprint density at radius 2 is 1.90 bits per heavy atom. The van der Waals surface area contributed by atoms with E-state index in [-0.39, 0.29) is 23.9 Å². The fourth-order valence-corrected chi connectivity index (χ4v) is 3.54. The SMILES string of the molecule is O=C(Cc1cccc(OC(F)(F)F)c1)N1CCCc2c1cnn2-c1ccc(F)cc1. The van der Waals surface area contributed by atoms with Crippen LogP contribution in [0.1, 0.15) is 17.7 Å². The first-order valence-electron chi connectivity index (χ1n) is 9.28. The lowest BCUT2D eigenvalue weighted by Gasteiger charge is -2.27. The van der Waals surface area contributed by atoms with Gasteiger partial charge in [-0.05, 0) is 54.8 Å². The quantitative estimate of drug-likeness (QED) is 0.588. The molecule has 1 amide bonds. The third-order valence-corrected chi connectivity index (χ3v) is 4.79. The Morgan fingerprint density at radius 3 is 2.63 bits per heavy atom. The van der Waals surface area contributed by atoms with Crippen LogP contribution in [0.25, 0.3) is 5.69 Å². The van der Waals surface area contributed by atoms with Crippen LogP contribution in [-0.4, -0.2) is 28.6 Å². The molecular formula is C21H17F4N3O2. The molecule has 1 aliphatic rings. The molecule has 0 aliphatic carbocycles. The molecule has 156 valence electrons. The highest BCUT2D eigenvalue weighted by molar-refractivity contribution is 5.95. The van der Waals surface area contributed by atoms with Crippen LogP contribution in [0.4, 0.5) is 23.2 Å². The second kappa shape index (κ2) is 7.81. The van der Waals surface area contributed by atoms with E-state index in [1.165, 1.54) is 30.3 Å². The van der Waals surface area contributed by atoms with Crippen molar-refractivity contribution in [2.75, 3.05) is 11.4 Å². The van der Waals surface area contributed by atoms with Gasteiger partial charge in [0, 0.05) is 6.54 Å². The van der Waals surface area contributed by atoms with E-state index in [0.29, 0.717) is 36.3 Å². The number of anilines is 1. The summed E-state index contributed by atoms with van der Waals surface area (Å²) in [5.74, 6) is -0.969. The second-order valence-electron chi connectivity index (χ2n) is 6.89. The predicted molar refractivity (Wildman–Crippen MR) is 101 cm³/mol. The first kappa shape index (κ1) is 19.9. The van der Waals surface area contributed by atoms with Crippen molar-refractivity contribution in [3.63, 3.8) is 0 Å². The molecule has 2 heterocycles. The number of hydrogen-bond donors (Lipinski definition) is 0. The Kier molecular flexibility index (Phi) is 5.19. The molecule has 0 atom stereocenters. The minimum absolute atomic E-state index is 0.0732. The van der Waals surface area contributed by atoms with Crippen LogP contribution in [0, 0.1) is 5.82 Å². The third-order valence-electron chi connectivity index (χ3n) is 4.79. The molecule has 5 nitrogen and oxygen atoms in total.